The number of H-pyrrole nitrogens is 1. The Bertz CT molecular complexity index is 1110. The summed E-state index contributed by atoms with van der Waals surface area (Å²) in [6, 6.07) is 0.776. The molecule has 0 saturated carbocycles. The molecule has 3 aromatic heterocycles. The van der Waals surface area contributed by atoms with E-state index in [1.165, 1.54) is 6.92 Å². The highest BCUT2D eigenvalue weighted by Crippen LogP contribution is 2.34. The van der Waals surface area contributed by atoms with E-state index >= 15 is 0 Å². The second kappa shape index (κ2) is 7.13. The highest BCUT2D eigenvalue weighted by Gasteiger charge is 2.31. The van der Waals surface area contributed by atoms with Gasteiger partial charge < -0.3 is 10.1 Å². The highest BCUT2D eigenvalue weighted by atomic mass is 35.5. The van der Waals surface area contributed by atoms with Crippen LogP contribution < -0.4 is 5.56 Å². The largest absolute Gasteiger partial charge is 0.477 e. The first-order valence-electron chi connectivity index (χ1n) is 7.19. The maximum Gasteiger partial charge on any atom is 0.417 e. The van der Waals surface area contributed by atoms with Gasteiger partial charge in [-0.2, -0.15) is 13.2 Å². The van der Waals surface area contributed by atoms with E-state index in [1.807, 2.05) is 0 Å². The third-order valence-corrected chi connectivity index (χ3v) is 6.11. The summed E-state index contributed by atoms with van der Waals surface area (Å²) in [6.45, 7) is 1.53. The molecule has 6 nitrogen and oxygen atoms in total. The van der Waals surface area contributed by atoms with Crippen LogP contribution in [0.5, 0.6) is 0 Å². The molecule has 2 N–H and O–H groups in total. The Balaban J connectivity index is 1.88. The zero-order valence-corrected chi connectivity index (χ0v) is 15.7. The van der Waals surface area contributed by atoms with Crippen molar-refractivity contribution < 1.29 is 23.1 Å². The molecular weight excluding hydrogens is 427 g/mol. The molecule has 0 aliphatic carbocycles. The van der Waals surface area contributed by atoms with Gasteiger partial charge in [-0.05, 0) is 18.6 Å². The molecule has 0 atom stereocenters. The first kappa shape index (κ1) is 19.6. The minimum absolute atomic E-state index is 0.0280. The first-order chi connectivity index (χ1) is 12.6. The van der Waals surface area contributed by atoms with E-state index in [0.29, 0.717) is 11.8 Å². The number of hydrogen-bond donors (Lipinski definition) is 2. The summed E-state index contributed by atoms with van der Waals surface area (Å²) in [5.41, 5.74) is -1.11. The van der Waals surface area contributed by atoms with Crippen LogP contribution in [0.4, 0.5) is 13.2 Å². The number of aromatic amines is 1. The Morgan fingerprint density at radius 2 is 2.15 bits per heavy atom. The van der Waals surface area contributed by atoms with Crippen molar-refractivity contribution in [3.63, 3.8) is 0 Å². The molecule has 0 aliphatic rings. The van der Waals surface area contributed by atoms with Crippen LogP contribution in [0.25, 0.3) is 10.2 Å². The standard InChI is InChI=1S/C15H9ClF3N3O3S2/c1-5-9-11(23)21-8(22-13(9)27-10(5)14(24)25)4-26-12-7(16)2-6(3-20-12)15(17,18)19/h2-3H,4H2,1H3,(H,24,25)(H,21,22,23). The molecule has 3 heterocycles. The van der Waals surface area contributed by atoms with Gasteiger partial charge in [0, 0.05) is 6.20 Å². The Hall–Kier alpha value is -2.11. The van der Waals surface area contributed by atoms with E-state index in [4.69, 9.17) is 16.7 Å². The van der Waals surface area contributed by atoms with Crippen LogP contribution >= 0.6 is 34.7 Å². The topological polar surface area (TPSA) is 95.9 Å². The molecule has 3 aromatic rings. The summed E-state index contributed by atoms with van der Waals surface area (Å²) < 4.78 is 37.9. The number of halogens is 4. The lowest BCUT2D eigenvalue weighted by molar-refractivity contribution is -0.137. The van der Waals surface area contributed by atoms with E-state index < -0.39 is 23.3 Å². The number of aromatic carboxylic acids is 1. The van der Waals surface area contributed by atoms with Crippen molar-refractivity contribution in [3.05, 3.63) is 49.5 Å². The Labute approximate surface area is 162 Å². The van der Waals surface area contributed by atoms with Crippen molar-refractivity contribution in [2.45, 2.75) is 23.9 Å². The number of aromatic nitrogens is 3. The van der Waals surface area contributed by atoms with Gasteiger partial charge in [-0.15, -0.1) is 11.3 Å². The van der Waals surface area contributed by atoms with Crippen molar-refractivity contribution in [1.29, 1.82) is 0 Å². The lowest BCUT2D eigenvalue weighted by atomic mass is 10.2. The molecule has 0 aliphatic heterocycles. The number of nitrogens with one attached hydrogen (secondary N) is 1. The number of fused-ring (bicyclic) bond motifs is 1. The summed E-state index contributed by atoms with van der Waals surface area (Å²) in [4.78, 5) is 34.2. The maximum atomic E-state index is 12.6. The second-order valence-corrected chi connectivity index (χ2v) is 7.72. The lowest BCUT2D eigenvalue weighted by Gasteiger charge is -2.08. The number of carbonyl (C=O) groups is 1. The first-order valence-corrected chi connectivity index (χ1v) is 9.37. The van der Waals surface area contributed by atoms with Crippen molar-refractivity contribution in [1.82, 2.24) is 15.0 Å². The van der Waals surface area contributed by atoms with E-state index in [2.05, 4.69) is 15.0 Å². The number of carboxylic acid groups (broad SMARTS) is 1. The number of thioether (sulfide) groups is 1. The lowest BCUT2D eigenvalue weighted by Crippen LogP contribution is -2.11. The number of nitrogens with zero attached hydrogens (tertiary/aromatic N) is 2. The number of alkyl halides is 3. The van der Waals surface area contributed by atoms with E-state index in [0.717, 1.165) is 29.2 Å². The molecule has 0 spiro atoms. The predicted octanol–water partition coefficient (Wildman–Crippen LogP) is 4.35. The molecule has 0 radical (unpaired) electrons. The molecule has 3 rings (SSSR count). The summed E-state index contributed by atoms with van der Waals surface area (Å²) in [5.74, 6) is -0.831. The monoisotopic (exact) mass is 435 g/mol. The normalized spacial score (nSPS) is 11.9. The van der Waals surface area contributed by atoms with Crippen LogP contribution in [0.3, 0.4) is 0 Å². The number of thiophene rings is 1. The third-order valence-electron chi connectivity index (χ3n) is 3.52. The van der Waals surface area contributed by atoms with Crippen LogP contribution in [0.15, 0.2) is 22.1 Å². The van der Waals surface area contributed by atoms with Crippen LogP contribution in [0.1, 0.15) is 26.6 Å². The SMILES string of the molecule is Cc1c(C(=O)O)sc2nc(CSc3ncc(C(F)(F)F)cc3Cl)[nH]c(=O)c12. The fourth-order valence-corrected chi connectivity index (χ4v) is 4.39. The van der Waals surface area contributed by atoms with Gasteiger partial charge in [-0.25, -0.2) is 14.8 Å². The zero-order valence-electron chi connectivity index (χ0n) is 13.3. The van der Waals surface area contributed by atoms with Gasteiger partial charge in [-0.3, -0.25) is 4.79 Å². The van der Waals surface area contributed by atoms with Crippen molar-refractivity contribution in [2.75, 3.05) is 0 Å². The van der Waals surface area contributed by atoms with Gasteiger partial charge in [-0.1, -0.05) is 23.4 Å². The maximum absolute atomic E-state index is 12.6. The number of rotatable bonds is 4. The van der Waals surface area contributed by atoms with Crippen LogP contribution in [0.2, 0.25) is 5.02 Å². The quantitative estimate of drug-likeness (QED) is 0.591. The smallest absolute Gasteiger partial charge is 0.417 e. The average molecular weight is 436 g/mol. The third kappa shape index (κ3) is 3.94. The molecular formula is C15H9ClF3N3O3S2. The summed E-state index contributed by atoms with van der Waals surface area (Å²) >= 11 is 7.73. The summed E-state index contributed by atoms with van der Waals surface area (Å²) in [7, 11) is 0. The van der Waals surface area contributed by atoms with Gasteiger partial charge in [0.25, 0.3) is 5.56 Å². The van der Waals surface area contributed by atoms with Gasteiger partial charge in [0.15, 0.2) is 0 Å². The van der Waals surface area contributed by atoms with E-state index in [1.54, 1.807) is 0 Å². The Morgan fingerprint density at radius 1 is 1.44 bits per heavy atom. The van der Waals surface area contributed by atoms with Crippen molar-refractivity contribution in [2.24, 2.45) is 0 Å². The van der Waals surface area contributed by atoms with Crippen LogP contribution in [-0.4, -0.2) is 26.0 Å². The molecule has 0 unspecified atom stereocenters. The minimum Gasteiger partial charge on any atom is -0.477 e. The fourth-order valence-electron chi connectivity index (χ4n) is 2.28. The van der Waals surface area contributed by atoms with Crippen molar-refractivity contribution in [3.8, 4) is 0 Å². The second-order valence-electron chi connectivity index (χ2n) is 5.35. The van der Waals surface area contributed by atoms with Gasteiger partial charge in [0.1, 0.15) is 20.6 Å². The van der Waals surface area contributed by atoms with Crippen LogP contribution in [-0.2, 0) is 11.9 Å². The number of hydrogen-bond acceptors (Lipinski definition) is 6. The zero-order chi connectivity index (χ0) is 19.9. The number of pyridine rings is 1. The highest BCUT2D eigenvalue weighted by molar-refractivity contribution is 7.98. The van der Waals surface area contributed by atoms with E-state index in [9.17, 15) is 22.8 Å². The molecule has 0 saturated heterocycles. The fraction of sp³-hybridized carbons (Fsp3) is 0.200. The molecule has 0 aromatic carbocycles. The minimum atomic E-state index is -4.55. The van der Waals surface area contributed by atoms with Gasteiger partial charge in [0.05, 0.1) is 21.7 Å². The average Bonchev–Trinajstić information content (AvgIpc) is 2.90. The molecule has 0 bridgehead atoms. The molecule has 27 heavy (non-hydrogen) atoms. The summed E-state index contributed by atoms with van der Waals surface area (Å²) in [5, 5.41) is 9.34. The van der Waals surface area contributed by atoms with Crippen LogP contribution in [0, 0.1) is 6.92 Å². The molecule has 12 heteroatoms. The number of carboxylic acids is 1. The molecule has 0 fully saturated rings. The Kier molecular flexibility index (Phi) is 5.19. The van der Waals surface area contributed by atoms with E-state index in [-0.39, 0.29) is 36.7 Å². The van der Waals surface area contributed by atoms with Gasteiger partial charge in [0.2, 0.25) is 0 Å². The number of aryl methyl sites for hydroxylation is 1. The summed E-state index contributed by atoms with van der Waals surface area (Å²) in [6.07, 6.45) is -3.87. The predicted molar refractivity (Wildman–Crippen MR) is 95.7 cm³/mol. The van der Waals surface area contributed by atoms with Crippen molar-refractivity contribution >= 4 is 50.9 Å². The molecule has 0 amide bonds. The Morgan fingerprint density at radius 3 is 2.74 bits per heavy atom. The van der Waals surface area contributed by atoms with Gasteiger partial charge >= 0.3 is 12.1 Å². The molecule has 142 valence electrons.